The smallest absolute Gasteiger partial charge is 0.283 e. The van der Waals surface area contributed by atoms with Gasteiger partial charge in [0.25, 0.3) is 5.69 Å². The highest BCUT2D eigenvalue weighted by molar-refractivity contribution is 9.10. The molecule has 0 fully saturated rings. The number of rotatable bonds is 7. The molecule has 1 rings (SSSR count). The first-order chi connectivity index (χ1) is 8.56. The number of methoxy groups -OCH3 is 1. The number of nitrogens with zero attached hydrogens (tertiary/aromatic N) is 1. The number of nitro benzene ring substituents is 1. The number of benzene rings is 1. The molecule has 0 aliphatic heterocycles. The lowest BCUT2D eigenvalue weighted by molar-refractivity contribution is -0.385. The van der Waals surface area contributed by atoms with E-state index in [0.717, 1.165) is 12.1 Å². The van der Waals surface area contributed by atoms with Gasteiger partial charge in [0, 0.05) is 32.9 Å². The molecule has 1 unspecified atom stereocenters. The number of hydrogen-bond acceptors (Lipinski definition) is 4. The Labute approximate surface area is 115 Å². The van der Waals surface area contributed by atoms with Crippen molar-refractivity contribution in [2.45, 2.75) is 13.5 Å². The number of nitrogens with one attached hydrogen (secondary N) is 1. The van der Waals surface area contributed by atoms with Crippen LogP contribution in [0, 0.1) is 16.0 Å². The van der Waals surface area contributed by atoms with Crippen LogP contribution in [-0.4, -0.2) is 25.2 Å². The Morgan fingerprint density at radius 3 is 2.89 bits per heavy atom. The summed E-state index contributed by atoms with van der Waals surface area (Å²) in [7, 11) is 1.67. The normalized spacial score (nSPS) is 12.4. The van der Waals surface area contributed by atoms with E-state index in [0.29, 0.717) is 23.5 Å². The lowest BCUT2D eigenvalue weighted by atomic mass is 10.1. The molecule has 0 aliphatic rings. The number of halogens is 1. The van der Waals surface area contributed by atoms with Crippen LogP contribution in [0.4, 0.5) is 5.69 Å². The van der Waals surface area contributed by atoms with E-state index in [1.54, 1.807) is 13.2 Å². The van der Waals surface area contributed by atoms with Gasteiger partial charge in [0.05, 0.1) is 9.40 Å². The molecule has 0 aliphatic carbocycles. The predicted molar refractivity (Wildman–Crippen MR) is 73.5 cm³/mol. The topological polar surface area (TPSA) is 64.4 Å². The molecule has 0 aromatic heterocycles. The van der Waals surface area contributed by atoms with E-state index >= 15 is 0 Å². The zero-order chi connectivity index (χ0) is 13.5. The van der Waals surface area contributed by atoms with Crippen molar-refractivity contribution in [2.75, 3.05) is 20.3 Å². The first-order valence-corrected chi connectivity index (χ1v) is 6.47. The average Bonchev–Trinajstić information content (AvgIpc) is 2.31. The van der Waals surface area contributed by atoms with Gasteiger partial charge in [0.2, 0.25) is 0 Å². The first kappa shape index (κ1) is 15.1. The molecule has 0 saturated carbocycles. The summed E-state index contributed by atoms with van der Waals surface area (Å²) in [6.07, 6.45) is 0. The Kier molecular flexibility index (Phi) is 6.24. The van der Waals surface area contributed by atoms with Gasteiger partial charge in [0.1, 0.15) is 0 Å². The molecule has 1 aromatic rings. The van der Waals surface area contributed by atoms with Crippen LogP contribution >= 0.6 is 15.9 Å². The minimum absolute atomic E-state index is 0.0965. The zero-order valence-electron chi connectivity index (χ0n) is 10.5. The molecule has 0 spiro atoms. The summed E-state index contributed by atoms with van der Waals surface area (Å²) in [5.74, 6) is 0.410. The number of nitro groups is 1. The van der Waals surface area contributed by atoms with Crippen molar-refractivity contribution in [1.82, 2.24) is 5.32 Å². The minimum Gasteiger partial charge on any atom is -0.384 e. The molecule has 0 amide bonds. The Morgan fingerprint density at radius 2 is 2.28 bits per heavy atom. The van der Waals surface area contributed by atoms with Gasteiger partial charge in [-0.15, -0.1) is 0 Å². The second-order valence-electron chi connectivity index (χ2n) is 4.20. The Morgan fingerprint density at radius 1 is 1.56 bits per heavy atom. The fourth-order valence-corrected chi connectivity index (χ4v) is 2.19. The van der Waals surface area contributed by atoms with Gasteiger partial charge in [-0.05, 0) is 27.4 Å². The van der Waals surface area contributed by atoms with Crippen LogP contribution in [0.1, 0.15) is 12.5 Å². The molecule has 0 heterocycles. The quantitative estimate of drug-likeness (QED) is 0.620. The molecule has 6 heteroatoms. The third-order valence-corrected chi connectivity index (χ3v) is 3.43. The van der Waals surface area contributed by atoms with Gasteiger partial charge in [0.15, 0.2) is 0 Å². The summed E-state index contributed by atoms with van der Waals surface area (Å²) in [6, 6.07) is 5.05. The summed E-state index contributed by atoms with van der Waals surface area (Å²) in [5.41, 5.74) is 0.980. The maximum Gasteiger partial charge on any atom is 0.283 e. The monoisotopic (exact) mass is 316 g/mol. The third-order valence-electron chi connectivity index (χ3n) is 2.51. The third kappa shape index (κ3) is 4.36. The Bertz CT molecular complexity index is 412. The maximum absolute atomic E-state index is 10.8. The van der Waals surface area contributed by atoms with Crippen LogP contribution in [0.2, 0.25) is 0 Å². The fraction of sp³-hybridized carbons (Fsp3) is 0.500. The van der Waals surface area contributed by atoms with E-state index in [-0.39, 0.29) is 10.6 Å². The lowest BCUT2D eigenvalue weighted by Gasteiger charge is -2.12. The predicted octanol–water partition coefficient (Wildman–Crippen LogP) is 2.73. The SMILES string of the molecule is COCC(C)CNCc1cccc([N+](=O)[O-])c1Br. The molecule has 0 saturated heterocycles. The standard InChI is InChI=1S/C12H17BrN2O3/c1-9(8-18-2)6-14-7-10-4-3-5-11(12(10)13)15(16)17/h3-5,9,14H,6-8H2,1-2H3. The summed E-state index contributed by atoms with van der Waals surface area (Å²) in [5, 5.41) is 14.0. The van der Waals surface area contributed by atoms with Crippen LogP contribution < -0.4 is 5.32 Å². The van der Waals surface area contributed by atoms with Crippen LogP contribution in [0.3, 0.4) is 0 Å². The van der Waals surface area contributed by atoms with Crippen LogP contribution in [0.15, 0.2) is 22.7 Å². The van der Waals surface area contributed by atoms with Gasteiger partial charge < -0.3 is 10.1 Å². The highest BCUT2D eigenvalue weighted by Crippen LogP contribution is 2.28. The Balaban J connectivity index is 2.57. The van der Waals surface area contributed by atoms with Crippen molar-refractivity contribution in [3.63, 3.8) is 0 Å². The van der Waals surface area contributed by atoms with Crippen LogP contribution in [0.5, 0.6) is 0 Å². The molecule has 1 aromatic carbocycles. The zero-order valence-corrected chi connectivity index (χ0v) is 12.1. The highest BCUT2D eigenvalue weighted by atomic mass is 79.9. The molecule has 5 nitrogen and oxygen atoms in total. The van der Waals surface area contributed by atoms with E-state index in [4.69, 9.17) is 4.74 Å². The molecule has 0 radical (unpaired) electrons. The van der Waals surface area contributed by atoms with Crippen molar-refractivity contribution in [2.24, 2.45) is 5.92 Å². The van der Waals surface area contributed by atoms with Crippen molar-refractivity contribution in [3.8, 4) is 0 Å². The highest BCUT2D eigenvalue weighted by Gasteiger charge is 2.14. The summed E-state index contributed by atoms with van der Waals surface area (Å²) in [4.78, 5) is 10.4. The second kappa shape index (κ2) is 7.45. The van der Waals surface area contributed by atoms with Gasteiger partial charge in [-0.25, -0.2) is 0 Å². The van der Waals surface area contributed by atoms with E-state index < -0.39 is 0 Å². The minimum atomic E-state index is -0.388. The van der Waals surface area contributed by atoms with Gasteiger partial charge >= 0.3 is 0 Å². The van der Waals surface area contributed by atoms with Crippen molar-refractivity contribution in [1.29, 1.82) is 0 Å². The summed E-state index contributed by atoms with van der Waals surface area (Å²) >= 11 is 3.27. The van der Waals surface area contributed by atoms with Gasteiger partial charge in [-0.2, -0.15) is 0 Å². The fourth-order valence-electron chi connectivity index (χ4n) is 1.64. The molecule has 1 atom stereocenters. The van der Waals surface area contributed by atoms with Crippen LogP contribution in [0.25, 0.3) is 0 Å². The number of hydrogen-bond donors (Lipinski definition) is 1. The van der Waals surface area contributed by atoms with Gasteiger partial charge in [-0.3, -0.25) is 10.1 Å². The van der Waals surface area contributed by atoms with Crippen molar-refractivity contribution >= 4 is 21.6 Å². The number of ether oxygens (including phenoxy) is 1. The second-order valence-corrected chi connectivity index (χ2v) is 4.99. The summed E-state index contributed by atoms with van der Waals surface area (Å²) < 4.78 is 5.59. The van der Waals surface area contributed by atoms with Crippen molar-refractivity contribution in [3.05, 3.63) is 38.3 Å². The first-order valence-electron chi connectivity index (χ1n) is 5.67. The van der Waals surface area contributed by atoms with E-state index in [1.807, 2.05) is 6.07 Å². The Hall–Kier alpha value is -0.980. The molecule has 1 N–H and O–H groups in total. The maximum atomic E-state index is 10.8. The average molecular weight is 317 g/mol. The summed E-state index contributed by atoms with van der Waals surface area (Å²) in [6.45, 7) is 4.18. The molecule has 100 valence electrons. The van der Waals surface area contributed by atoms with E-state index in [1.165, 1.54) is 6.07 Å². The van der Waals surface area contributed by atoms with Gasteiger partial charge in [-0.1, -0.05) is 19.1 Å². The van der Waals surface area contributed by atoms with E-state index in [2.05, 4.69) is 28.2 Å². The largest absolute Gasteiger partial charge is 0.384 e. The molecular formula is C12H17BrN2O3. The van der Waals surface area contributed by atoms with Crippen molar-refractivity contribution < 1.29 is 9.66 Å². The van der Waals surface area contributed by atoms with Crippen LogP contribution in [-0.2, 0) is 11.3 Å². The molecule has 0 bridgehead atoms. The van der Waals surface area contributed by atoms with E-state index in [9.17, 15) is 10.1 Å². The molecule has 18 heavy (non-hydrogen) atoms. The lowest BCUT2D eigenvalue weighted by Crippen LogP contribution is -2.23. The molecular weight excluding hydrogens is 300 g/mol.